The van der Waals surface area contributed by atoms with Crippen molar-refractivity contribution >= 4 is 18.2 Å². The average Bonchev–Trinajstić information content (AvgIpc) is 2.07. The first-order valence-electron chi connectivity index (χ1n) is 3.45. The third-order valence-corrected chi connectivity index (χ3v) is 3.45. The van der Waals surface area contributed by atoms with E-state index in [0.717, 1.165) is 12.2 Å². The van der Waals surface area contributed by atoms with E-state index in [4.69, 9.17) is 0 Å². The Morgan fingerprint density at radius 2 is 2.30 bits per heavy atom. The molecule has 0 N–H and O–H groups in total. The molecule has 0 bridgehead atoms. The van der Waals surface area contributed by atoms with Crippen LogP contribution in [0.4, 0.5) is 0 Å². The van der Waals surface area contributed by atoms with Crippen molar-refractivity contribution in [1.82, 2.24) is 4.90 Å². The van der Waals surface area contributed by atoms with Gasteiger partial charge < -0.3 is 4.90 Å². The normalized spacial score (nSPS) is 30.7. The maximum Gasteiger partial charge on any atom is 0.211 e. The molecule has 1 saturated heterocycles. The summed E-state index contributed by atoms with van der Waals surface area (Å²) in [6.07, 6.45) is 0.949. The fraction of sp³-hybridized carbons (Fsp3) is 0.857. The summed E-state index contributed by atoms with van der Waals surface area (Å²) in [4.78, 5) is 12.4. The van der Waals surface area contributed by atoms with Gasteiger partial charge in [-0.05, 0) is 20.8 Å². The molecule has 0 spiro atoms. The van der Waals surface area contributed by atoms with Gasteiger partial charge in [0.2, 0.25) is 6.41 Å². The Hall–Kier alpha value is -0.180. The molecule has 0 saturated carbocycles. The van der Waals surface area contributed by atoms with E-state index in [1.807, 2.05) is 16.7 Å². The smallest absolute Gasteiger partial charge is 0.211 e. The first-order valence-corrected chi connectivity index (χ1v) is 4.44. The van der Waals surface area contributed by atoms with Crippen LogP contribution in [0.25, 0.3) is 0 Å². The lowest BCUT2D eigenvalue weighted by atomic mass is 10.2. The van der Waals surface area contributed by atoms with Gasteiger partial charge in [-0.25, -0.2) is 0 Å². The number of amides is 1. The van der Waals surface area contributed by atoms with E-state index in [1.54, 1.807) is 0 Å². The average molecular weight is 159 g/mol. The Bertz CT molecular complexity index is 147. The first kappa shape index (κ1) is 7.92. The SMILES string of the molecule is CC1CSC(C)(C)N1C=O. The zero-order chi connectivity index (χ0) is 7.78. The van der Waals surface area contributed by atoms with Gasteiger partial charge in [0.25, 0.3) is 0 Å². The fourth-order valence-electron chi connectivity index (χ4n) is 1.24. The summed E-state index contributed by atoms with van der Waals surface area (Å²) >= 11 is 1.84. The maximum absolute atomic E-state index is 10.5. The largest absolute Gasteiger partial charge is 0.328 e. The summed E-state index contributed by atoms with van der Waals surface area (Å²) in [7, 11) is 0. The van der Waals surface area contributed by atoms with E-state index >= 15 is 0 Å². The van der Waals surface area contributed by atoms with Crippen molar-refractivity contribution in [3.8, 4) is 0 Å². The summed E-state index contributed by atoms with van der Waals surface area (Å²) in [5.74, 6) is 1.06. The van der Waals surface area contributed by atoms with Gasteiger partial charge >= 0.3 is 0 Å². The second-order valence-corrected chi connectivity index (χ2v) is 4.74. The Morgan fingerprint density at radius 3 is 2.50 bits per heavy atom. The van der Waals surface area contributed by atoms with Crippen molar-refractivity contribution < 1.29 is 4.79 Å². The molecule has 1 aliphatic heterocycles. The monoisotopic (exact) mass is 159 g/mol. The van der Waals surface area contributed by atoms with E-state index in [0.29, 0.717) is 6.04 Å². The molecule has 0 radical (unpaired) electrons. The quantitative estimate of drug-likeness (QED) is 0.538. The molecule has 0 aromatic carbocycles. The van der Waals surface area contributed by atoms with Crippen molar-refractivity contribution in [2.45, 2.75) is 31.7 Å². The maximum atomic E-state index is 10.5. The van der Waals surface area contributed by atoms with Gasteiger partial charge in [0.15, 0.2) is 0 Å². The highest BCUT2D eigenvalue weighted by Gasteiger charge is 2.36. The Morgan fingerprint density at radius 1 is 1.70 bits per heavy atom. The Kier molecular flexibility index (Phi) is 1.95. The highest BCUT2D eigenvalue weighted by Crippen LogP contribution is 2.36. The van der Waals surface area contributed by atoms with Crippen molar-refractivity contribution in [1.29, 1.82) is 0 Å². The van der Waals surface area contributed by atoms with E-state index in [9.17, 15) is 4.79 Å². The van der Waals surface area contributed by atoms with Crippen molar-refractivity contribution in [2.75, 3.05) is 5.75 Å². The van der Waals surface area contributed by atoms with Gasteiger partial charge in [0, 0.05) is 11.8 Å². The van der Waals surface area contributed by atoms with Crippen molar-refractivity contribution in [3.63, 3.8) is 0 Å². The number of nitrogens with zero attached hydrogens (tertiary/aromatic N) is 1. The predicted molar refractivity (Wildman–Crippen MR) is 43.9 cm³/mol. The summed E-state index contributed by atoms with van der Waals surface area (Å²) in [6, 6.07) is 0.400. The standard InChI is InChI=1S/C7H13NOS/c1-6-4-10-7(2,3)8(6)5-9/h5-6H,4H2,1-3H3. The lowest BCUT2D eigenvalue weighted by Gasteiger charge is -2.29. The molecule has 0 aromatic heterocycles. The van der Waals surface area contributed by atoms with Crippen LogP contribution in [0, 0.1) is 0 Å². The molecule has 1 heterocycles. The van der Waals surface area contributed by atoms with Crippen LogP contribution in [-0.4, -0.2) is 28.0 Å². The fourth-order valence-corrected chi connectivity index (χ4v) is 2.42. The van der Waals surface area contributed by atoms with E-state index in [1.165, 1.54) is 0 Å². The molecule has 1 fully saturated rings. The van der Waals surface area contributed by atoms with Crippen LogP contribution in [-0.2, 0) is 4.79 Å². The molecule has 3 heteroatoms. The minimum atomic E-state index is 0.0150. The number of rotatable bonds is 1. The number of thioether (sulfide) groups is 1. The van der Waals surface area contributed by atoms with Gasteiger partial charge in [-0.1, -0.05) is 0 Å². The number of carbonyl (C=O) groups excluding carboxylic acids is 1. The second-order valence-electron chi connectivity index (χ2n) is 3.12. The van der Waals surface area contributed by atoms with Crippen LogP contribution < -0.4 is 0 Å². The third kappa shape index (κ3) is 1.15. The molecule has 1 rings (SSSR count). The molecule has 10 heavy (non-hydrogen) atoms. The van der Waals surface area contributed by atoms with E-state index in [-0.39, 0.29) is 4.87 Å². The molecule has 2 nitrogen and oxygen atoms in total. The predicted octanol–water partition coefficient (Wildman–Crippen LogP) is 1.32. The highest BCUT2D eigenvalue weighted by atomic mass is 32.2. The molecule has 0 aromatic rings. The first-order chi connectivity index (χ1) is 4.58. The minimum absolute atomic E-state index is 0.0150. The minimum Gasteiger partial charge on any atom is -0.328 e. The van der Waals surface area contributed by atoms with Crippen LogP contribution >= 0.6 is 11.8 Å². The Labute approximate surface area is 66.0 Å². The number of carbonyl (C=O) groups is 1. The van der Waals surface area contributed by atoms with Crippen LogP contribution in [0.5, 0.6) is 0 Å². The van der Waals surface area contributed by atoms with Gasteiger partial charge in [-0.15, -0.1) is 11.8 Å². The summed E-state index contributed by atoms with van der Waals surface area (Å²) in [5, 5.41) is 0. The van der Waals surface area contributed by atoms with Crippen LogP contribution in [0.3, 0.4) is 0 Å². The zero-order valence-corrected chi connectivity index (χ0v) is 7.44. The zero-order valence-electron chi connectivity index (χ0n) is 6.63. The van der Waals surface area contributed by atoms with Crippen LogP contribution in [0.15, 0.2) is 0 Å². The van der Waals surface area contributed by atoms with Gasteiger partial charge in [-0.2, -0.15) is 0 Å². The molecule has 58 valence electrons. The Balaban J connectivity index is 2.72. The van der Waals surface area contributed by atoms with E-state index in [2.05, 4.69) is 20.8 Å². The van der Waals surface area contributed by atoms with Crippen LogP contribution in [0.2, 0.25) is 0 Å². The summed E-state index contributed by atoms with van der Waals surface area (Å²) in [6.45, 7) is 6.24. The molecular weight excluding hydrogens is 146 g/mol. The molecule has 0 aliphatic carbocycles. The highest BCUT2D eigenvalue weighted by molar-refractivity contribution is 8.00. The lowest BCUT2D eigenvalue weighted by molar-refractivity contribution is -0.121. The van der Waals surface area contributed by atoms with Gasteiger partial charge in [-0.3, -0.25) is 4.79 Å². The summed E-state index contributed by atoms with van der Waals surface area (Å²) < 4.78 is 0. The molecule has 1 amide bonds. The number of hydrogen-bond donors (Lipinski definition) is 0. The molecule has 1 unspecified atom stereocenters. The lowest BCUT2D eigenvalue weighted by Crippen LogP contribution is -2.39. The van der Waals surface area contributed by atoms with Gasteiger partial charge in [0.05, 0.1) is 4.87 Å². The van der Waals surface area contributed by atoms with Crippen molar-refractivity contribution in [3.05, 3.63) is 0 Å². The van der Waals surface area contributed by atoms with Crippen molar-refractivity contribution in [2.24, 2.45) is 0 Å². The summed E-state index contributed by atoms with van der Waals surface area (Å²) in [5.41, 5.74) is 0. The molecule has 1 aliphatic rings. The van der Waals surface area contributed by atoms with E-state index < -0.39 is 0 Å². The third-order valence-electron chi connectivity index (χ3n) is 1.89. The molecular formula is C7H13NOS. The molecule has 1 atom stereocenters. The van der Waals surface area contributed by atoms with Gasteiger partial charge in [0.1, 0.15) is 0 Å². The topological polar surface area (TPSA) is 20.3 Å². The van der Waals surface area contributed by atoms with Crippen LogP contribution in [0.1, 0.15) is 20.8 Å². The second kappa shape index (κ2) is 2.46. The number of hydrogen-bond acceptors (Lipinski definition) is 2.